The van der Waals surface area contributed by atoms with Gasteiger partial charge in [0.2, 0.25) is 0 Å². The summed E-state index contributed by atoms with van der Waals surface area (Å²) in [5, 5.41) is 0. The summed E-state index contributed by atoms with van der Waals surface area (Å²) in [6.45, 7) is 7.90. The predicted octanol–water partition coefficient (Wildman–Crippen LogP) is 10.6. The highest BCUT2D eigenvalue weighted by molar-refractivity contribution is 5.64. The molecule has 0 aliphatic carbocycles. The molecule has 1 unspecified atom stereocenters. The Morgan fingerprint density at radius 3 is 1.73 bits per heavy atom. The monoisotopic (exact) mass is 558 g/mol. The molecule has 0 aliphatic rings. The van der Waals surface area contributed by atoms with Crippen LogP contribution in [0.1, 0.15) is 116 Å². The van der Waals surface area contributed by atoms with Crippen molar-refractivity contribution in [1.29, 1.82) is 0 Å². The lowest BCUT2D eigenvalue weighted by Gasteiger charge is -2.14. The van der Waals surface area contributed by atoms with Gasteiger partial charge in [-0.1, -0.05) is 115 Å². The summed E-state index contributed by atoms with van der Waals surface area (Å²) in [6, 6.07) is 16.9. The third-order valence-electron chi connectivity index (χ3n) is 7.76. The number of benzene rings is 2. The van der Waals surface area contributed by atoms with Gasteiger partial charge in [-0.15, -0.1) is 0 Å². The van der Waals surface area contributed by atoms with Gasteiger partial charge in [0.05, 0.1) is 6.10 Å². The summed E-state index contributed by atoms with van der Waals surface area (Å²) in [7, 11) is 0. The normalized spacial score (nSPS) is 12.0. The average Bonchev–Trinajstić information content (AvgIpc) is 3.01. The molecule has 0 radical (unpaired) electrons. The molecule has 0 saturated carbocycles. The van der Waals surface area contributed by atoms with Crippen LogP contribution in [0.5, 0.6) is 5.75 Å². The van der Waals surface area contributed by atoms with Crippen molar-refractivity contribution >= 4 is 0 Å². The molecule has 4 heteroatoms. The lowest BCUT2D eigenvalue weighted by atomic mass is 10.0. The van der Waals surface area contributed by atoms with Crippen molar-refractivity contribution in [3.63, 3.8) is 0 Å². The second kappa shape index (κ2) is 20.2. The highest BCUT2D eigenvalue weighted by Gasteiger charge is 2.07. The van der Waals surface area contributed by atoms with E-state index >= 15 is 0 Å². The molecule has 1 aromatic heterocycles. The molecule has 4 nitrogen and oxygen atoms in total. The maximum absolute atomic E-state index is 5.90. The Morgan fingerprint density at radius 1 is 0.585 bits per heavy atom. The van der Waals surface area contributed by atoms with Gasteiger partial charge in [0.25, 0.3) is 0 Å². The van der Waals surface area contributed by atoms with Crippen LogP contribution in [0.2, 0.25) is 0 Å². The van der Waals surface area contributed by atoms with Gasteiger partial charge in [0, 0.05) is 30.1 Å². The number of hydrogen-bond acceptors (Lipinski definition) is 4. The van der Waals surface area contributed by atoms with Gasteiger partial charge in [-0.05, 0) is 61.6 Å². The summed E-state index contributed by atoms with van der Waals surface area (Å²) >= 11 is 0. The SMILES string of the molecule is CCCCCCCCCCCCCc1ccc(-c2cnc(-c3ccc(OCC(C)OCCCCC)cc3)nc2)cc1. The molecule has 0 bridgehead atoms. The molecule has 1 atom stereocenters. The molecule has 224 valence electrons. The first kappa shape index (κ1) is 32.8. The molecule has 0 saturated heterocycles. The van der Waals surface area contributed by atoms with Gasteiger partial charge in [0.1, 0.15) is 12.4 Å². The van der Waals surface area contributed by atoms with Crippen LogP contribution in [0.4, 0.5) is 0 Å². The van der Waals surface area contributed by atoms with Gasteiger partial charge in [0.15, 0.2) is 5.82 Å². The quantitative estimate of drug-likeness (QED) is 0.115. The van der Waals surface area contributed by atoms with Crippen LogP contribution in [0.15, 0.2) is 60.9 Å². The van der Waals surface area contributed by atoms with Crippen molar-refractivity contribution < 1.29 is 9.47 Å². The lowest BCUT2D eigenvalue weighted by Crippen LogP contribution is -2.18. The Bertz CT molecular complexity index is 1050. The van der Waals surface area contributed by atoms with E-state index in [1.54, 1.807) is 0 Å². The second-order valence-corrected chi connectivity index (χ2v) is 11.5. The van der Waals surface area contributed by atoms with Gasteiger partial charge in [-0.2, -0.15) is 0 Å². The summed E-state index contributed by atoms with van der Waals surface area (Å²) in [6.07, 6.45) is 23.9. The fourth-order valence-corrected chi connectivity index (χ4v) is 5.08. The van der Waals surface area contributed by atoms with E-state index in [9.17, 15) is 0 Å². The third kappa shape index (κ3) is 13.2. The van der Waals surface area contributed by atoms with E-state index in [4.69, 9.17) is 9.47 Å². The van der Waals surface area contributed by atoms with Crippen LogP contribution >= 0.6 is 0 Å². The smallest absolute Gasteiger partial charge is 0.159 e. The van der Waals surface area contributed by atoms with Crippen LogP contribution in [-0.2, 0) is 11.2 Å². The van der Waals surface area contributed by atoms with Gasteiger partial charge in [-0.3, -0.25) is 0 Å². The minimum absolute atomic E-state index is 0.0843. The number of rotatable bonds is 22. The topological polar surface area (TPSA) is 44.2 Å². The molecule has 41 heavy (non-hydrogen) atoms. The Kier molecular flexibility index (Phi) is 16.2. The molecule has 0 N–H and O–H groups in total. The van der Waals surface area contributed by atoms with E-state index in [1.165, 1.54) is 89.0 Å². The van der Waals surface area contributed by atoms with Crippen molar-refractivity contribution in [2.75, 3.05) is 13.2 Å². The zero-order valence-electron chi connectivity index (χ0n) is 26.1. The minimum Gasteiger partial charge on any atom is -0.491 e. The third-order valence-corrected chi connectivity index (χ3v) is 7.76. The Balaban J connectivity index is 1.35. The number of ether oxygens (including phenoxy) is 2. The van der Waals surface area contributed by atoms with Crippen LogP contribution in [0, 0.1) is 0 Å². The van der Waals surface area contributed by atoms with E-state index in [0.29, 0.717) is 6.61 Å². The zero-order valence-corrected chi connectivity index (χ0v) is 26.1. The van der Waals surface area contributed by atoms with Crippen molar-refractivity contribution in [2.24, 2.45) is 0 Å². The van der Waals surface area contributed by atoms with E-state index in [-0.39, 0.29) is 6.10 Å². The van der Waals surface area contributed by atoms with Crippen molar-refractivity contribution in [2.45, 2.75) is 123 Å². The fraction of sp³-hybridized carbons (Fsp3) is 0.568. The summed E-state index contributed by atoms with van der Waals surface area (Å²) < 4.78 is 11.7. The molecule has 2 aromatic carbocycles. The van der Waals surface area contributed by atoms with Crippen LogP contribution in [0.3, 0.4) is 0 Å². The van der Waals surface area contributed by atoms with Crippen LogP contribution < -0.4 is 4.74 Å². The van der Waals surface area contributed by atoms with Crippen molar-refractivity contribution in [1.82, 2.24) is 9.97 Å². The predicted molar refractivity (Wildman–Crippen MR) is 174 cm³/mol. The maximum atomic E-state index is 5.90. The molecule has 0 aliphatic heterocycles. The molecule has 0 fully saturated rings. The Morgan fingerprint density at radius 2 is 1.12 bits per heavy atom. The van der Waals surface area contributed by atoms with E-state index in [2.05, 4.69) is 55.0 Å². The summed E-state index contributed by atoms with van der Waals surface area (Å²) in [5.41, 5.74) is 4.61. The first-order chi connectivity index (χ1) is 20.2. The maximum Gasteiger partial charge on any atom is 0.159 e. The molecular weight excluding hydrogens is 504 g/mol. The fourth-order valence-electron chi connectivity index (χ4n) is 5.08. The second-order valence-electron chi connectivity index (χ2n) is 11.5. The first-order valence-corrected chi connectivity index (χ1v) is 16.5. The molecule has 3 aromatic rings. The van der Waals surface area contributed by atoms with Crippen LogP contribution in [0.25, 0.3) is 22.5 Å². The number of aromatic nitrogens is 2. The average molecular weight is 559 g/mol. The van der Waals surface area contributed by atoms with E-state index in [1.807, 2.05) is 36.7 Å². The number of unbranched alkanes of at least 4 members (excludes halogenated alkanes) is 12. The molecule has 3 rings (SSSR count). The van der Waals surface area contributed by atoms with E-state index < -0.39 is 0 Å². The molecule has 1 heterocycles. The van der Waals surface area contributed by atoms with E-state index in [0.717, 1.165) is 47.7 Å². The molecule has 0 spiro atoms. The largest absolute Gasteiger partial charge is 0.491 e. The van der Waals surface area contributed by atoms with Gasteiger partial charge in [-0.25, -0.2) is 9.97 Å². The first-order valence-electron chi connectivity index (χ1n) is 16.5. The summed E-state index contributed by atoms with van der Waals surface area (Å²) in [5.74, 6) is 1.56. The van der Waals surface area contributed by atoms with Crippen LogP contribution in [-0.4, -0.2) is 29.3 Å². The number of aryl methyl sites for hydroxylation is 1. The number of nitrogens with zero attached hydrogens (tertiary/aromatic N) is 2. The molecule has 0 amide bonds. The zero-order chi connectivity index (χ0) is 29.0. The van der Waals surface area contributed by atoms with Gasteiger partial charge >= 0.3 is 0 Å². The van der Waals surface area contributed by atoms with Gasteiger partial charge < -0.3 is 9.47 Å². The van der Waals surface area contributed by atoms with Crippen molar-refractivity contribution in [3.05, 3.63) is 66.5 Å². The minimum atomic E-state index is 0.0843. The summed E-state index contributed by atoms with van der Waals surface area (Å²) in [4.78, 5) is 9.28. The molecular formula is C37H54N2O2. The Labute approximate surface area is 250 Å². The standard InChI is InChI=1S/C37H54N2O2/c1-4-6-8-9-10-11-12-13-14-15-16-18-32-19-21-33(22-20-32)35-28-38-37(39-29-35)34-23-25-36(26-24-34)41-30-31(3)40-27-17-7-5-2/h19-26,28-29,31H,4-18,27,30H2,1-3H3. The highest BCUT2D eigenvalue weighted by atomic mass is 16.5. The lowest BCUT2D eigenvalue weighted by molar-refractivity contribution is 0.0304. The Hall–Kier alpha value is -2.72. The van der Waals surface area contributed by atoms with Crippen molar-refractivity contribution in [3.8, 4) is 28.3 Å². The number of hydrogen-bond donors (Lipinski definition) is 0. The highest BCUT2D eigenvalue weighted by Crippen LogP contribution is 2.23.